The SMILES string of the molecule is CCOc1ccc(I)cc1CC. The summed E-state index contributed by atoms with van der Waals surface area (Å²) in [6.45, 7) is 4.90. The summed E-state index contributed by atoms with van der Waals surface area (Å²) in [7, 11) is 0. The highest BCUT2D eigenvalue weighted by molar-refractivity contribution is 14.1. The lowest BCUT2D eigenvalue weighted by molar-refractivity contribution is 0.337. The van der Waals surface area contributed by atoms with Crippen LogP contribution in [0.1, 0.15) is 19.4 Å². The molecular formula is C10H13IO. The van der Waals surface area contributed by atoms with Gasteiger partial charge in [0.15, 0.2) is 0 Å². The van der Waals surface area contributed by atoms with Gasteiger partial charge in [-0.05, 0) is 59.7 Å². The highest BCUT2D eigenvalue weighted by Crippen LogP contribution is 2.21. The Morgan fingerprint density at radius 1 is 1.33 bits per heavy atom. The van der Waals surface area contributed by atoms with Crippen LogP contribution in [0.4, 0.5) is 0 Å². The summed E-state index contributed by atoms with van der Waals surface area (Å²) in [6.07, 6.45) is 1.03. The smallest absolute Gasteiger partial charge is 0.122 e. The van der Waals surface area contributed by atoms with Crippen LogP contribution in [0.3, 0.4) is 0 Å². The van der Waals surface area contributed by atoms with E-state index in [2.05, 4.69) is 41.6 Å². The Labute approximate surface area is 87.3 Å². The lowest BCUT2D eigenvalue weighted by Crippen LogP contribution is -1.95. The number of rotatable bonds is 3. The van der Waals surface area contributed by atoms with Gasteiger partial charge in [-0.1, -0.05) is 6.92 Å². The molecule has 0 radical (unpaired) electrons. The molecule has 0 aromatic heterocycles. The first-order valence-electron chi connectivity index (χ1n) is 4.19. The van der Waals surface area contributed by atoms with Crippen LogP contribution in [0.15, 0.2) is 18.2 Å². The third-order valence-corrected chi connectivity index (χ3v) is 2.37. The van der Waals surface area contributed by atoms with E-state index in [4.69, 9.17) is 4.74 Å². The maximum Gasteiger partial charge on any atom is 0.122 e. The molecule has 0 unspecified atom stereocenters. The predicted molar refractivity (Wildman–Crippen MR) is 59.7 cm³/mol. The first-order chi connectivity index (χ1) is 5.77. The first-order valence-corrected chi connectivity index (χ1v) is 5.27. The molecule has 0 saturated carbocycles. The Bertz CT molecular complexity index is 258. The van der Waals surface area contributed by atoms with Gasteiger partial charge in [-0.3, -0.25) is 0 Å². The third kappa shape index (κ3) is 2.37. The standard InChI is InChI=1S/C10H13IO/c1-3-8-7-9(11)5-6-10(8)12-4-2/h5-7H,3-4H2,1-2H3. The second-order valence-electron chi connectivity index (χ2n) is 2.54. The van der Waals surface area contributed by atoms with Crippen LogP contribution in [0.5, 0.6) is 5.75 Å². The van der Waals surface area contributed by atoms with Crippen LogP contribution in [0, 0.1) is 3.57 Å². The predicted octanol–water partition coefficient (Wildman–Crippen LogP) is 3.25. The van der Waals surface area contributed by atoms with Crippen molar-refractivity contribution >= 4 is 22.6 Å². The van der Waals surface area contributed by atoms with Gasteiger partial charge in [0, 0.05) is 3.57 Å². The summed E-state index contributed by atoms with van der Waals surface area (Å²) in [5.74, 6) is 1.03. The monoisotopic (exact) mass is 276 g/mol. The average molecular weight is 276 g/mol. The summed E-state index contributed by atoms with van der Waals surface area (Å²) < 4.78 is 6.75. The third-order valence-electron chi connectivity index (χ3n) is 1.70. The zero-order valence-corrected chi connectivity index (χ0v) is 9.59. The number of halogens is 1. The molecule has 0 bridgehead atoms. The average Bonchev–Trinajstić information content (AvgIpc) is 2.08. The van der Waals surface area contributed by atoms with Crippen molar-refractivity contribution in [3.05, 3.63) is 27.3 Å². The number of aryl methyl sites for hydroxylation is 1. The van der Waals surface area contributed by atoms with Crippen molar-refractivity contribution in [3.63, 3.8) is 0 Å². The highest BCUT2D eigenvalue weighted by atomic mass is 127. The lowest BCUT2D eigenvalue weighted by Gasteiger charge is -2.08. The van der Waals surface area contributed by atoms with Gasteiger partial charge in [-0.25, -0.2) is 0 Å². The van der Waals surface area contributed by atoms with E-state index in [1.807, 2.05) is 13.0 Å². The molecular weight excluding hydrogens is 263 g/mol. The van der Waals surface area contributed by atoms with Gasteiger partial charge in [-0.2, -0.15) is 0 Å². The Hall–Kier alpha value is -0.250. The molecule has 0 aliphatic carbocycles. The molecule has 1 nitrogen and oxygen atoms in total. The van der Waals surface area contributed by atoms with E-state index in [1.54, 1.807) is 0 Å². The molecule has 0 aliphatic heterocycles. The minimum Gasteiger partial charge on any atom is -0.494 e. The molecule has 0 fully saturated rings. The molecule has 0 spiro atoms. The van der Waals surface area contributed by atoms with Gasteiger partial charge >= 0.3 is 0 Å². The van der Waals surface area contributed by atoms with Gasteiger partial charge in [0.1, 0.15) is 5.75 Å². The molecule has 0 heterocycles. The van der Waals surface area contributed by atoms with E-state index in [1.165, 1.54) is 9.13 Å². The van der Waals surface area contributed by atoms with Crippen LogP contribution >= 0.6 is 22.6 Å². The summed E-state index contributed by atoms with van der Waals surface area (Å²) >= 11 is 2.32. The molecule has 1 aromatic rings. The van der Waals surface area contributed by atoms with Crippen molar-refractivity contribution in [1.29, 1.82) is 0 Å². The molecule has 0 aliphatic rings. The van der Waals surface area contributed by atoms with Crippen molar-refractivity contribution in [2.75, 3.05) is 6.61 Å². The fraction of sp³-hybridized carbons (Fsp3) is 0.400. The number of benzene rings is 1. The lowest BCUT2D eigenvalue weighted by atomic mass is 10.1. The summed E-state index contributed by atoms with van der Waals surface area (Å²) in [5.41, 5.74) is 1.30. The fourth-order valence-corrected chi connectivity index (χ4v) is 1.68. The van der Waals surface area contributed by atoms with Crippen LogP contribution in [-0.2, 0) is 6.42 Å². The zero-order valence-electron chi connectivity index (χ0n) is 7.43. The van der Waals surface area contributed by atoms with Gasteiger partial charge in [0.2, 0.25) is 0 Å². The second kappa shape index (κ2) is 4.70. The van der Waals surface area contributed by atoms with E-state index in [0.29, 0.717) is 0 Å². The zero-order chi connectivity index (χ0) is 8.97. The highest BCUT2D eigenvalue weighted by Gasteiger charge is 2.00. The Kier molecular flexibility index (Phi) is 3.85. The molecule has 0 amide bonds. The van der Waals surface area contributed by atoms with E-state index in [9.17, 15) is 0 Å². The maximum atomic E-state index is 5.48. The van der Waals surface area contributed by atoms with Crippen molar-refractivity contribution < 1.29 is 4.74 Å². The number of hydrogen-bond donors (Lipinski definition) is 0. The van der Waals surface area contributed by atoms with E-state index < -0.39 is 0 Å². The Balaban J connectivity index is 2.94. The molecule has 0 saturated heterocycles. The largest absolute Gasteiger partial charge is 0.494 e. The van der Waals surface area contributed by atoms with Gasteiger partial charge in [0.05, 0.1) is 6.61 Å². The molecule has 1 aromatic carbocycles. The number of hydrogen-bond acceptors (Lipinski definition) is 1. The van der Waals surface area contributed by atoms with E-state index in [-0.39, 0.29) is 0 Å². The molecule has 1 rings (SSSR count). The van der Waals surface area contributed by atoms with Gasteiger partial charge < -0.3 is 4.74 Å². The van der Waals surface area contributed by atoms with Crippen molar-refractivity contribution in [1.82, 2.24) is 0 Å². The Morgan fingerprint density at radius 3 is 2.67 bits per heavy atom. The molecule has 2 heteroatoms. The quantitative estimate of drug-likeness (QED) is 0.770. The van der Waals surface area contributed by atoms with Crippen LogP contribution in [0.25, 0.3) is 0 Å². The number of ether oxygens (including phenoxy) is 1. The normalized spacial score (nSPS) is 9.92. The van der Waals surface area contributed by atoms with E-state index in [0.717, 1.165) is 18.8 Å². The maximum absolute atomic E-state index is 5.48. The van der Waals surface area contributed by atoms with Gasteiger partial charge in [0.25, 0.3) is 0 Å². The first kappa shape index (κ1) is 9.84. The minimum atomic E-state index is 0.744. The molecule has 0 N–H and O–H groups in total. The summed E-state index contributed by atoms with van der Waals surface area (Å²) in [6, 6.07) is 6.29. The van der Waals surface area contributed by atoms with Crippen LogP contribution < -0.4 is 4.74 Å². The summed E-state index contributed by atoms with van der Waals surface area (Å²) in [4.78, 5) is 0. The van der Waals surface area contributed by atoms with E-state index >= 15 is 0 Å². The molecule has 0 atom stereocenters. The Morgan fingerprint density at radius 2 is 2.08 bits per heavy atom. The molecule has 66 valence electrons. The summed E-state index contributed by atoms with van der Waals surface area (Å²) in [5, 5.41) is 0. The van der Waals surface area contributed by atoms with Crippen molar-refractivity contribution in [2.24, 2.45) is 0 Å². The van der Waals surface area contributed by atoms with Crippen LogP contribution in [-0.4, -0.2) is 6.61 Å². The molecule has 12 heavy (non-hydrogen) atoms. The topological polar surface area (TPSA) is 9.23 Å². The second-order valence-corrected chi connectivity index (χ2v) is 3.78. The minimum absolute atomic E-state index is 0.744. The van der Waals surface area contributed by atoms with Crippen molar-refractivity contribution in [3.8, 4) is 5.75 Å². The van der Waals surface area contributed by atoms with Gasteiger partial charge in [-0.15, -0.1) is 0 Å². The van der Waals surface area contributed by atoms with Crippen LogP contribution in [0.2, 0.25) is 0 Å². The van der Waals surface area contributed by atoms with Crippen molar-refractivity contribution in [2.45, 2.75) is 20.3 Å². The fourth-order valence-electron chi connectivity index (χ4n) is 1.12.